The Bertz CT molecular complexity index is 1270. The lowest BCUT2D eigenvalue weighted by Crippen LogP contribution is -2.65. The van der Waals surface area contributed by atoms with Crippen LogP contribution >= 0.6 is 0 Å². The summed E-state index contributed by atoms with van der Waals surface area (Å²) in [5, 5.41) is 31.9. The first kappa shape index (κ1) is 31.3. The second kappa shape index (κ2) is 9.97. The minimum absolute atomic E-state index is 0.0318. The van der Waals surface area contributed by atoms with E-state index >= 15 is 0 Å². The quantitative estimate of drug-likeness (QED) is 0.320. The van der Waals surface area contributed by atoms with Crippen molar-refractivity contribution in [2.75, 3.05) is 0 Å². The summed E-state index contributed by atoms with van der Waals surface area (Å²) in [5.41, 5.74) is -2.83. The fourth-order valence-electron chi connectivity index (χ4n) is 9.03. The second-order valence-electron chi connectivity index (χ2n) is 14.1. The van der Waals surface area contributed by atoms with Crippen LogP contribution in [0.15, 0.2) is 22.8 Å². The van der Waals surface area contributed by atoms with Crippen molar-refractivity contribution in [1.29, 1.82) is 0 Å². The maximum atomic E-state index is 14.6. The molecule has 0 aromatic rings. The number of Topliss-reactive ketones (excluding diaryl/α,β-unsaturated/α-hetero) is 2. The SMILES string of the molecule is CC(=O)O[C@@H]1C(=O)C2=C([C@@H](O)CC3C(C)(C)[C@@H](O)CC[C@]23C)[C@]2(C)C(=O)CC(/C(C)=C\C(=O)C[C@@H](C)C(=O)O)[C@@]12C. The number of aliphatic hydroxyl groups excluding tert-OH is 2. The molecular formula is C32H44O9. The fourth-order valence-corrected chi connectivity index (χ4v) is 9.03. The van der Waals surface area contributed by atoms with E-state index in [1.807, 2.05) is 20.8 Å². The number of hydrogen-bond donors (Lipinski definition) is 3. The lowest BCUT2D eigenvalue weighted by Gasteiger charge is -2.62. The number of rotatable bonds is 6. The molecule has 4 aliphatic rings. The van der Waals surface area contributed by atoms with Crippen LogP contribution in [0.2, 0.25) is 0 Å². The zero-order valence-corrected chi connectivity index (χ0v) is 25.4. The average Bonchev–Trinajstić information content (AvgIpc) is 3.07. The van der Waals surface area contributed by atoms with Gasteiger partial charge in [0.15, 0.2) is 11.9 Å². The molecule has 41 heavy (non-hydrogen) atoms. The van der Waals surface area contributed by atoms with Crippen molar-refractivity contribution in [1.82, 2.24) is 0 Å². The first-order chi connectivity index (χ1) is 18.8. The van der Waals surface area contributed by atoms with Gasteiger partial charge >= 0.3 is 11.9 Å². The molecule has 0 amide bonds. The molecule has 4 rings (SSSR count). The van der Waals surface area contributed by atoms with Gasteiger partial charge in [-0.3, -0.25) is 24.0 Å². The molecule has 2 saturated carbocycles. The van der Waals surface area contributed by atoms with Gasteiger partial charge in [0.2, 0.25) is 5.78 Å². The molecule has 2 unspecified atom stereocenters. The van der Waals surface area contributed by atoms with Crippen molar-refractivity contribution in [2.45, 2.75) is 106 Å². The number of hydrogen-bond acceptors (Lipinski definition) is 8. The first-order valence-electron chi connectivity index (χ1n) is 14.6. The van der Waals surface area contributed by atoms with Crippen LogP contribution in [0.1, 0.15) is 87.5 Å². The lowest BCUT2D eigenvalue weighted by molar-refractivity contribution is -0.175. The van der Waals surface area contributed by atoms with Gasteiger partial charge in [0, 0.05) is 30.8 Å². The Morgan fingerprint density at radius 2 is 1.68 bits per heavy atom. The molecule has 0 radical (unpaired) electrons. The summed E-state index contributed by atoms with van der Waals surface area (Å²) in [4.78, 5) is 65.3. The normalized spacial score (nSPS) is 40.8. The topological polar surface area (TPSA) is 155 Å². The zero-order valence-electron chi connectivity index (χ0n) is 25.4. The van der Waals surface area contributed by atoms with Crippen molar-refractivity contribution in [2.24, 2.45) is 39.4 Å². The number of ketones is 3. The largest absolute Gasteiger partial charge is 0.481 e. The highest BCUT2D eigenvalue weighted by atomic mass is 16.5. The summed E-state index contributed by atoms with van der Waals surface area (Å²) in [6.07, 6.45) is -0.793. The Morgan fingerprint density at radius 3 is 2.24 bits per heavy atom. The summed E-state index contributed by atoms with van der Waals surface area (Å²) in [6.45, 7) is 13.6. The highest BCUT2D eigenvalue weighted by molar-refractivity contribution is 6.08. The number of esters is 1. The Hall–Kier alpha value is -2.65. The van der Waals surface area contributed by atoms with Crippen molar-refractivity contribution in [3.05, 3.63) is 22.8 Å². The van der Waals surface area contributed by atoms with E-state index in [1.165, 1.54) is 19.9 Å². The van der Waals surface area contributed by atoms with E-state index in [0.717, 1.165) is 0 Å². The molecule has 0 aliphatic heterocycles. The van der Waals surface area contributed by atoms with Gasteiger partial charge in [-0.2, -0.15) is 0 Å². The van der Waals surface area contributed by atoms with Crippen molar-refractivity contribution >= 4 is 29.3 Å². The van der Waals surface area contributed by atoms with E-state index in [0.29, 0.717) is 29.6 Å². The Balaban J connectivity index is 1.93. The van der Waals surface area contributed by atoms with Gasteiger partial charge in [-0.05, 0) is 67.4 Å². The van der Waals surface area contributed by atoms with Crippen LogP contribution in [-0.4, -0.2) is 62.9 Å². The molecule has 0 spiro atoms. The van der Waals surface area contributed by atoms with Gasteiger partial charge in [0.25, 0.3) is 0 Å². The monoisotopic (exact) mass is 572 g/mol. The minimum Gasteiger partial charge on any atom is -0.481 e. The molecule has 9 atom stereocenters. The molecule has 0 aromatic carbocycles. The van der Waals surface area contributed by atoms with Gasteiger partial charge in [0.1, 0.15) is 5.78 Å². The fraction of sp³-hybridized carbons (Fsp3) is 0.719. The van der Waals surface area contributed by atoms with Crippen LogP contribution in [-0.2, 0) is 28.7 Å². The summed E-state index contributed by atoms with van der Waals surface area (Å²) < 4.78 is 5.80. The summed E-state index contributed by atoms with van der Waals surface area (Å²) in [7, 11) is 0. The van der Waals surface area contributed by atoms with Crippen LogP contribution < -0.4 is 0 Å². The number of carbonyl (C=O) groups excluding carboxylic acids is 4. The molecule has 4 aliphatic carbocycles. The molecule has 0 heterocycles. The van der Waals surface area contributed by atoms with E-state index < -0.39 is 75.3 Å². The van der Waals surface area contributed by atoms with Crippen LogP contribution in [0.25, 0.3) is 0 Å². The van der Waals surface area contributed by atoms with E-state index in [4.69, 9.17) is 4.74 Å². The van der Waals surface area contributed by atoms with Gasteiger partial charge in [-0.15, -0.1) is 0 Å². The molecular weight excluding hydrogens is 528 g/mol. The Morgan fingerprint density at radius 1 is 1.07 bits per heavy atom. The van der Waals surface area contributed by atoms with Crippen molar-refractivity contribution in [3.63, 3.8) is 0 Å². The third-order valence-corrected chi connectivity index (χ3v) is 11.6. The number of ether oxygens (including phenoxy) is 1. The van der Waals surface area contributed by atoms with E-state index in [2.05, 4.69) is 0 Å². The van der Waals surface area contributed by atoms with Crippen molar-refractivity contribution in [3.8, 4) is 0 Å². The number of allylic oxidation sites excluding steroid dienone is 2. The molecule has 0 saturated heterocycles. The van der Waals surface area contributed by atoms with Crippen LogP contribution in [0.4, 0.5) is 0 Å². The molecule has 226 valence electrons. The summed E-state index contributed by atoms with van der Waals surface area (Å²) in [6, 6.07) is 0. The molecule has 9 nitrogen and oxygen atoms in total. The maximum absolute atomic E-state index is 14.6. The highest BCUT2D eigenvalue weighted by Crippen LogP contribution is 2.71. The molecule has 0 bridgehead atoms. The number of fused-ring (bicyclic) bond motifs is 4. The zero-order chi connectivity index (χ0) is 31.0. The Labute approximate surface area is 241 Å². The van der Waals surface area contributed by atoms with Crippen LogP contribution in [0.3, 0.4) is 0 Å². The number of carboxylic acid groups (broad SMARTS) is 1. The standard InChI is InChI=1S/C32H44O9/c1-15(11-18(34)12-16(2)28(39)40)19-13-23(37)32(8)24-20(35)14-21-29(4,5)22(36)9-10-30(21,6)25(24)26(38)27(31(19,32)7)41-17(3)33/h11,16,19-22,27,35-36H,9-10,12-14H2,1-8H3,(H,39,40)/b15-11-/t16-,19?,20+,21?,22+,27-,30+,31+,32+/m1/s1. The number of aliphatic hydroxyl groups is 2. The van der Waals surface area contributed by atoms with E-state index in [-0.39, 0.29) is 31.0 Å². The van der Waals surface area contributed by atoms with Gasteiger partial charge in [-0.1, -0.05) is 40.2 Å². The minimum atomic E-state index is -1.37. The predicted molar refractivity (Wildman–Crippen MR) is 148 cm³/mol. The third-order valence-electron chi connectivity index (χ3n) is 11.6. The van der Waals surface area contributed by atoms with Gasteiger partial charge < -0.3 is 20.1 Å². The molecule has 2 fully saturated rings. The predicted octanol–water partition coefficient (Wildman–Crippen LogP) is 3.59. The van der Waals surface area contributed by atoms with Crippen LogP contribution in [0, 0.1) is 39.4 Å². The maximum Gasteiger partial charge on any atom is 0.306 e. The number of carboxylic acids is 1. The van der Waals surface area contributed by atoms with Gasteiger partial charge in [-0.25, -0.2) is 0 Å². The number of aliphatic carboxylic acids is 1. The van der Waals surface area contributed by atoms with E-state index in [9.17, 15) is 39.3 Å². The summed E-state index contributed by atoms with van der Waals surface area (Å²) >= 11 is 0. The van der Waals surface area contributed by atoms with E-state index in [1.54, 1.807) is 20.8 Å². The van der Waals surface area contributed by atoms with Gasteiger partial charge in [0.05, 0.1) is 23.5 Å². The van der Waals surface area contributed by atoms with Crippen molar-refractivity contribution < 1.29 is 44.0 Å². The first-order valence-corrected chi connectivity index (χ1v) is 14.6. The second-order valence-corrected chi connectivity index (χ2v) is 14.1. The smallest absolute Gasteiger partial charge is 0.306 e. The summed E-state index contributed by atoms with van der Waals surface area (Å²) in [5.74, 6) is -4.66. The highest BCUT2D eigenvalue weighted by Gasteiger charge is 2.74. The Kier molecular flexibility index (Phi) is 7.61. The lowest BCUT2D eigenvalue weighted by atomic mass is 9.42. The third kappa shape index (κ3) is 4.29. The molecule has 3 N–H and O–H groups in total. The molecule has 0 aromatic heterocycles. The number of carbonyl (C=O) groups is 5. The molecule has 9 heteroatoms. The van der Waals surface area contributed by atoms with Crippen LogP contribution in [0.5, 0.6) is 0 Å². The average molecular weight is 573 g/mol.